The van der Waals surface area contributed by atoms with Crippen LogP contribution in [0.4, 0.5) is 10.1 Å². The van der Waals surface area contributed by atoms with Crippen LogP contribution in [0.2, 0.25) is 0 Å². The van der Waals surface area contributed by atoms with E-state index < -0.39 is 11.7 Å². The van der Waals surface area contributed by atoms with E-state index in [1.807, 2.05) is 30.3 Å². The van der Waals surface area contributed by atoms with Crippen molar-refractivity contribution in [2.45, 2.75) is 12.8 Å². The van der Waals surface area contributed by atoms with Gasteiger partial charge in [-0.3, -0.25) is 9.59 Å². The van der Waals surface area contributed by atoms with E-state index in [1.165, 1.54) is 24.4 Å². The van der Waals surface area contributed by atoms with Crippen LogP contribution in [0.1, 0.15) is 18.4 Å². The monoisotopic (exact) mass is 313 g/mol. The van der Waals surface area contributed by atoms with E-state index in [2.05, 4.69) is 15.8 Å². The number of rotatable bonds is 6. The molecule has 2 aromatic carbocycles. The molecule has 5 nitrogen and oxygen atoms in total. The third-order valence-corrected chi connectivity index (χ3v) is 2.93. The van der Waals surface area contributed by atoms with Crippen molar-refractivity contribution in [2.75, 3.05) is 5.32 Å². The molecule has 0 spiro atoms. The summed E-state index contributed by atoms with van der Waals surface area (Å²) in [6.07, 6.45) is 1.42. The number of hydrazone groups is 1. The number of para-hydroxylation sites is 1. The number of amides is 2. The minimum absolute atomic E-state index is 0.0353. The molecule has 0 fully saturated rings. The molecular weight excluding hydrogens is 297 g/mol. The largest absolute Gasteiger partial charge is 0.324 e. The predicted octanol–water partition coefficient (Wildman–Crippen LogP) is 2.69. The van der Waals surface area contributed by atoms with Gasteiger partial charge in [-0.1, -0.05) is 42.5 Å². The average molecular weight is 313 g/mol. The van der Waals surface area contributed by atoms with Gasteiger partial charge in [-0.25, -0.2) is 9.82 Å². The van der Waals surface area contributed by atoms with Gasteiger partial charge in [-0.15, -0.1) is 0 Å². The van der Waals surface area contributed by atoms with Crippen molar-refractivity contribution in [1.29, 1.82) is 0 Å². The summed E-state index contributed by atoms with van der Waals surface area (Å²) in [5, 5.41) is 6.22. The summed E-state index contributed by atoms with van der Waals surface area (Å²) in [6.45, 7) is 0. The van der Waals surface area contributed by atoms with Gasteiger partial charge in [0.05, 0.1) is 11.9 Å². The topological polar surface area (TPSA) is 70.6 Å². The van der Waals surface area contributed by atoms with E-state index in [0.29, 0.717) is 0 Å². The fraction of sp³-hybridized carbons (Fsp3) is 0.118. The van der Waals surface area contributed by atoms with Gasteiger partial charge in [0.2, 0.25) is 11.8 Å². The van der Waals surface area contributed by atoms with Crippen LogP contribution >= 0.6 is 0 Å². The van der Waals surface area contributed by atoms with Gasteiger partial charge in [-0.05, 0) is 17.7 Å². The number of hydrogen-bond acceptors (Lipinski definition) is 3. The van der Waals surface area contributed by atoms with Crippen LogP contribution in [-0.2, 0) is 9.59 Å². The highest BCUT2D eigenvalue weighted by atomic mass is 19.1. The second-order valence-corrected chi connectivity index (χ2v) is 4.73. The Morgan fingerprint density at radius 2 is 1.61 bits per heavy atom. The Kier molecular flexibility index (Phi) is 5.99. The zero-order valence-corrected chi connectivity index (χ0v) is 12.3. The van der Waals surface area contributed by atoms with E-state index >= 15 is 0 Å². The first-order valence-electron chi connectivity index (χ1n) is 7.06. The van der Waals surface area contributed by atoms with Crippen LogP contribution in [0, 0.1) is 5.82 Å². The summed E-state index contributed by atoms with van der Waals surface area (Å²) in [7, 11) is 0. The quantitative estimate of drug-likeness (QED) is 0.636. The SMILES string of the molecule is O=C(CCC(=O)Nc1ccccc1F)NN=Cc1ccccc1. The predicted molar refractivity (Wildman–Crippen MR) is 86.4 cm³/mol. The van der Waals surface area contributed by atoms with Crippen LogP contribution < -0.4 is 10.7 Å². The molecule has 0 aromatic heterocycles. The molecule has 2 amide bonds. The van der Waals surface area contributed by atoms with Crippen LogP contribution in [-0.4, -0.2) is 18.0 Å². The molecule has 0 aliphatic heterocycles. The van der Waals surface area contributed by atoms with Gasteiger partial charge in [0.15, 0.2) is 0 Å². The summed E-state index contributed by atoms with van der Waals surface area (Å²) < 4.78 is 13.4. The molecule has 0 saturated carbocycles. The van der Waals surface area contributed by atoms with Crippen molar-refractivity contribution in [3.63, 3.8) is 0 Å². The zero-order valence-electron chi connectivity index (χ0n) is 12.3. The molecule has 0 bridgehead atoms. The number of anilines is 1. The van der Waals surface area contributed by atoms with E-state index in [9.17, 15) is 14.0 Å². The molecule has 0 saturated heterocycles. The summed E-state index contributed by atoms with van der Waals surface area (Å²) in [6, 6.07) is 15.1. The average Bonchev–Trinajstić information content (AvgIpc) is 2.56. The van der Waals surface area contributed by atoms with E-state index in [-0.39, 0.29) is 24.4 Å². The minimum Gasteiger partial charge on any atom is -0.324 e. The maximum Gasteiger partial charge on any atom is 0.240 e. The molecule has 23 heavy (non-hydrogen) atoms. The Hall–Kier alpha value is -3.02. The Balaban J connectivity index is 1.73. The van der Waals surface area contributed by atoms with Crippen molar-refractivity contribution in [3.05, 3.63) is 66.0 Å². The highest BCUT2D eigenvalue weighted by Gasteiger charge is 2.08. The second kappa shape index (κ2) is 8.43. The van der Waals surface area contributed by atoms with Gasteiger partial charge in [0.25, 0.3) is 0 Å². The first-order chi connectivity index (χ1) is 11.1. The lowest BCUT2D eigenvalue weighted by Gasteiger charge is -2.05. The van der Waals surface area contributed by atoms with Crippen LogP contribution in [0.15, 0.2) is 59.7 Å². The van der Waals surface area contributed by atoms with Gasteiger partial charge in [-0.2, -0.15) is 5.10 Å². The maximum absolute atomic E-state index is 13.4. The number of benzene rings is 2. The zero-order chi connectivity index (χ0) is 16.5. The van der Waals surface area contributed by atoms with Crippen LogP contribution in [0.25, 0.3) is 0 Å². The van der Waals surface area contributed by atoms with Gasteiger partial charge >= 0.3 is 0 Å². The number of halogens is 1. The molecular formula is C17H16FN3O2. The van der Waals surface area contributed by atoms with Gasteiger partial charge in [0, 0.05) is 12.8 Å². The molecule has 0 aliphatic carbocycles. The molecule has 0 atom stereocenters. The number of carbonyl (C=O) groups excluding carboxylic acids is 2. The van der Waals surface area contributed by atoms with E-state index in [0.717, 1.165) is 5.56 Å². The van der Waals surface area contributed by atoms with Crippen molar-refractivity contribution < 1.29 is 14.0 Å². The molecule has 118 valence electrons. The van der Waals surface area contributed by atoms with Crippen molar-refractivity contribution in [2.24, 2.45) is 5.10 Å². The fourth-order valence-electron chi connectivity index (χ4n) is 1.78. The summed E-state index contributed by atoms with van der Waals surface area (Å²) >= 11 is 0. The number of nitrogens with one attached hydrogen (secondary N) is 2. The highest BCUT2D eigenvalue weighted by molar-refractivity contribution is 5.93. The lowest BCUT2D eigenvalue weighted by Crippen LogP contribution is -2.20. The molecule has 2 N–H and O–H groups in total. The lowest BCUT2D eigenvalue weighted by atomic mass is 10.2. The fourth-order valence-corrected chi connectivity index (χ4v) is 1.78. The number of hydrogen-bond donors (Lipinski definition) is 2. The first-order valence-corrected chi connectivity index (χ1v) is 7.06. The van der Waals surface area contributed by atoms with Crippen molar-refractivity contribution >= 4 is 23.7 Å². The lowest BCUT2D eigenvalue weighted by molar-refractivity contribution is -0.124. The molecule has 2 aromatic rings. The smallest absolute Gasteiger partial charge is 0.240 e. The minimum atomic E-state index is -0.516. The number of nitrogens with zero attached hydrogens (tertiary/aromatic N) is 1. The molecule has 6 heteroatoms. The van der Waals surface area contributed by atoms with Crippen molar-refractivity contribution in [3.8, 4) is 0 Å². The van der Waals surface area contributed by atoms with E-state index in [1.54, 1.807) is 6.07 Å². The van der Waals surface area contributed by atoms with Gasteiger partial charge < -0.3 is 5.32 Å². The Labute approximate surface area is 133 Å². The molecule has 0 radical (unpaired) electrons. The van der Waals surface area contributed by atoms with Crippen molar-refractivity contribution in [1.82, 2.24) is 5.43 Å². The Bertz CT molecular complexity index is 702. The molecule has 2 rings (SSSR count). The highest BCUT2D eigenvalue weighted by Crippen LogP contribution is 2.12. The first kappa shape index (κ1) is 16.4. The van der Waals surface area contributed by atoms with E-state index in [4.69, 9.17) is 0 Å². The molecule has 0 heterocycles. The standard InChI is InChI=1S/C17H16FN3O2/c18-14-8-4-5-9-15(14)20-16(22)10-11-17(23)21-19-12-13-6-2-1-3-7-13/h1-9,12H,10-11H2,(H,20,22)(H,21,23). The van der Waals surface area contributed by atoms with Crippen LogP contribution in [0.5, 0.6) is 0 Å². The maximum atomic E-state index is 13.4. The molecule has 0 unspecified atom stereocenters. The Morgan fingerprint density at radius 3 is 2.35 bits per heavy atom. The third-order valence-electron chi connectivity index (χ3n) is 2.93. The van der Waals surface area contributed by atoms with Gasteiger partial charge in [0.1, 0.15) is 5.82 Å². The van der Waals surface area contributed by atoms with Crippen LogP contribution in [0.3, 0.4) is 0 Å². The Morgan fingerprint density at radius 1 is 0.957 bits per heavy atom. The molecule has 0 aliphatic rings. The summed E-state index contributed by atoms with van der Waals surface area (Å²) in [5.41, 5.74) is 3.29. The summed E-state index contributed by atoms with van der Waals surface area (Å²) in [5.74, 6) is -1.34. The number of carbonyl (C=O) groups is 2. The summed E-state index contributed by atoms with van der Waals surface area (Å²) in [4.78, 5) is 23.2. The third kappa shape index (κ3) is 5.70. The second-order valence-electron chi connectivity index (χ2n) is 4.73. The normalized spacial score (nSPS) is 10.5.